The molecule has 0 saturated carbocycles. The first-order chi connectivity index (χ1) is 7.79. The van der Waals surface area contributed by atoms with Crippen LogP contribution in [0, 0.1) is 0 Å². The molecule has 0 unspecified atom stereocenters. The van der Waals surface area contributed by atoms with Gasteiger partial charge in [-0.1, -0.05) is 0 Å². The number of hydrogen-bond donors (Lipinski definition) is 1. The Morgan fingerprint density at radius 1 is 1.25 bits per heavy atom. The van der Waals surface area contributed by atoms with Gasteiger partial charge in [0.2, 0.25) is 0 Å². The van der Waals surface area contributed by atoms with E-state index in [4.69, 9.17) is 15.2 Å². The first-order valence-corrected chi connectivity index (χ1v) is 5.23. The van der Waals surface area contributed by atoms with Crippen LogP contribution >= 0.6 is 0 Å². The summed E-state index contributed by atoms with van der Waals surface area (Å²) >= 11 is 0. The predicted octanol–water partition coefficient (Wildman–Crippen LogP) is 0.763. The Morgan fingerprint density at radius 2 is 1.88 bits per heavy atom. The summed E-state index contributed by atoms with van der Waals surface area (Å²) in [5.74, 6) is 0.789. The van der Waals surface area contributed by atoms with Gasteiger partial charge in [0.15, 0.2) is 5.82 Å². The van der Waals surface area contributed by atoms with Gasteiger partial charge < -0.3 is 20.1 Å². The van der Waals surface area contributed by atoms with Crippen molar-refractivity contribution in [1.82, 2.24) is 4.98 Å². The van der Waals surface area contributed by atoms with Crippen LogP contribution in [0.15, 0.2) is 18.3 Å². The number of methoxy groups -OCH3 is 2. The van der Waals surface area contributed by atoms with E-state index in [-0.39, 0.29) is 0 Å². The number of nitrogens with zero attached hydrogens (tertiary/aromatic N) is 2. The van der Waals surface area contributed by atoms with Crippen LogP contribution in [-0.4, -0.2) is 45.5 Å². The number of hydrogen-bond acceptors (Lipinski definition) is 5. The van der Waals surface area contributed by atoms with Crippen LogP contribution in [0.5, 0.6) is 0 Å². The van der Waals surface area contributed by atoms with E-state index in [1.54, 1.807) is 20.4 Å². The topological polar surface area (TPSA) is 60.6 Å². The van der Waals surface area contributed by atoms with Crippen LogP contribution in [0.4, 0.5) is 11.5 Å². The Hall–Kier alpha value is -1.33. The third-order valence-electron chi connectivity index (χ3n) is 2.25. The smallest absolute Gasteiger partial charge is 0.151 e. The first-order valence-electron chi connectivity index (χ1n) is 5.23. The monoisotopic (exact) mass is 225 g/mol. The fourth-order valence-corrected chi connectivity index (χ4v) is 1.40. The Bertz CT molecular complexity index is 299. The number of rotatable bonds is 7. The zero-order valence-electron chi connectivity index (χ0n) is 9.85. The lowest BCUT2D eigenvalue weighted by atomic mass is 10.3. The average molecular weight is 225 g/mol. The molecule has 0 aliphatic rings. The first kappa shape index (κ1) is 12.7. The van der Waals surface area contributed by atoms with E-state index >= 15 is 0 Å². The maximum absolute atomic E-state index is 5.88. The van der Waals surface area contributed by atoms with Crippen molar-refractivity contribution in [3.05, 3.63) is 18.3 Å². The molecule has 0 amide bonds. The Balaban J connectivity index is 2.70. The minimum absolute atomic E-state index is 0.639. The van der Waals surface area contributed by atoms with Gasteiger partial charge in [0.1, 0.15) is 0 Å². The zero-order chi connectivity index (χ0) is 11.8. The minimum Gasteiger partial charge on any atom is -0.396 e. The summed E-state index contributed by atoms with van der Waals surface area (Å²) in [6.45, 7) is 2.78. The molecule has 5 nitrogen and oxygen atoms in total. The molecule has 0 spiro atoms. The highest BCUT2D eigenvalue weighted by Gasteiger charge is 2.10. The molecule has 0 radical (unpaired) electrons. The molecule has 1 rings (SSSR count). The van der Waals surface area contributed by atoms with Gasteiger partial charge in [-0.05, 0) is 12.1 Å². The number of ether oxygens (including phenoxy) is 2. The van der Waals surface area contributed by atoms with Crippen LogP contribution < -0.4 is 10.6 Å². The molecule has 5 heteroatoms. The van der Waals surface area contributed by atoms with Crippen LogP contribution in [-0.2, 0) is 9.47 Å². The average Bonchev–Trinajstić information content (AvgIpc) is 2.31. The van der Waals surface area contributed by atoms with Gasteiger partial charge in [-0.15, -0.1) is 0 Å². The molecule has 90 valence electrons. The summed E-state index contributed by atoms with van der Waals surface area (Å²) in [5.41, 5.74) is 6.55. The highest BCUT2D eigenvalue weighted by atomic mass is 16.5. The van der Waals surface area contributed by atoms with E-state index < -0.39 is 0 Å². The summed E-state index contributed by atoms with van der Waals surface area (Å²) in [5, 5.41) is 0. The number of nitrogen functional groups attached to an aromatic ring is 1. The molecule has 0 aromatic carbocycles. The largest absolute Gasteiger partial charge is 0.396 e. The molecule has 0 atom stereocenters. The normalized spacial score (nSPS) is 10.4. The minimum atomic E-state index is 0.639. The van der Waals surface area contributed by atoms with E-state index in [2.05, 4.69) is 9.88 Å². The SMILES string of the molecule is COCCN(CCOC)c1ncccc1N. The molecule has 0 aliphatic carbocycles. The number of aromatic nitrogens is 1. The van der Waals surface area contributed by atoms with Crippen molar-refractivity contribution in [2.24, 2.45) is 0 Å². The fraction of sp³-hybridized carbons (Fsp3) is 0.545. The van der Waals surface area contributed by atoms with Gasteiger partial charge >= 0.3 is 0 Å². The molecule has 0 aliphatic heterocycles. The quantitative estimate of drug-likeness (QED) is 0.742. The lowest BCUT2D eigenvalue weighted by molar-refractivity contribution is 0.190. The van der Waals surface area contributed by atoms with Gasteiger partial charge in [0.25, 0.3) is 0 Å². The van der Waals surface area contributed by atoms with E-state index in [0.717, 1.165) is 18.9 Å². The Morgan fingerprint density at radius 3 is 2.38 bits per heavy atom. The van der Waals surface area contributed by atoms with E-state index in [9.17, 15) is 0 Å². The zero-order valence-corrected chi connectivity index (χ0v) is 9.85. The van der Waals surface area contributed by atoms with Gasteiger partial charge in [-0.25, -0.2) is 4.98 Å². The molecule has 1 heterocycles. The summed E-state index contributed by atoms with van der Waals surface area (Å²) in [7, 11) is 3.35. The van der Waals surface area contributed by atoms with Crippen molar-refractivity contribution in [3.63, 3.8) is 0 Å². The summed E-state index contributed by atoms with van der Waals surface area (Å²) in [4.78, 5) is 6.33. The van der Waals surface area contributed by atoms with E-state index in [1.807, 2.05) is 12.1 Å². The molecule has 1 aromatic rings. The molecule has 0 saturated heterocycles. The maximum Gasteiger partial charge on any atom is 0.151 e. The second kappa shape index (κ2) is 7.03. The predicted molar refractivity (Wildman–Crippen MR) is 64.6 cm³/mol. The molecule has 0 bridgehead atoms. The van der Waals surface area contributed by atoms with Crippen molar-refractivity contribution < 1.29 is 9.47 Å². The molecular weight excluding hydrogens is 206 g/mol. The third-order valence-corrected chi connectivity index (χ3v) is 2.25. The number of nitrogens with two attached hydrogens (primary N) is 1. The molecule has 2 N–H and O–H groups in total. The summed E-state index contributed by atoms with van der Waals surface area (Å²) < 4.78 is 10.1. The number of pyridine rings is 1. The van der Waals surface area contributed by atoms with E-state index in [1.165, 1.54) is 0 Å². The van der Waals surface area contributed by atoms with Gasteiger partial charge in [-0.3, -0.25) is 0 Å². The second-order valence-corrected chi connectivity index (χ2v) is 3.39. The number of anilines is 2. The summed E-state index contributed by atoms with van der Waals surface area (Å²) in [6.07, 6.45) is 1.73. The van der Waals surface area contributed by atoms with Crippen molar-refractivity contribution in [2.45, 2.75) is 0 Å². The van der Waals surface area contributed by atoms with Crippen molar-refractivity contribution in [1.29, 1.82) is 0 Å². The van der Waals surface area contributed by atoms with Crippen molar-refractivity contribution in [3.8, 4) is 0 Å². The molecular formula is C11H19N3O2. The Kier molecular flexibility index (Phi) is 5.60. The molecule has 16 heavy (non-hydrogen) atoms. The highest BCUT2D eigenvalue weighted by Crippen LogP contribution is 2.18. The van der Waals surface area contributed by atoms with Crippen LogP contribution in [0.25, 0.3) is 0 Å². The standard InChI is InChI=1S/C11H19N3O2/c1-15-8-6-14(7-9-16-2)11-10(12)4-3-5-13-11/h3-5H,6-9,12H2,1-2H3. The van der Waals surface area contributed by atoms with Crippen LogP contribution in [0.1, 0.15) is 0 Å². The highest BCUT2D eigenvalue weighted by molar-refractivity contribution is 5.62. The Labute approximate surface area is 96.2 Å². The van der Waals surface area contributed by atoms with Crippen molar-refractivity contribution >= 4 is 11.5 Å². The maximum atomic E-state index is 5.88. The van der Waals surface area contributed by atoms with Gasteiger partial charge in [0, 0.05) is 33.5 Å². The molecule has 0 fully saturated rings. The third kappa shape index (κ3) is 3.67. The van der Waals surface area contributed by atoms with Crippen LogP contribution in [0.2, 0.25) is 0 Å². The fourth-order valence-electron chi connectivity index (χ4n) is 1.40. The second-order valence-electron chi connectivity index (χ2n) is 3.39. The van der Waals surface area contributed by atoms with Gasteiger partial charge in [-0.2, -0.15) is 0 Å². The van der Waals surface area contributed by atoms with Gasteiger partial charge in [0.05, 0.1) is 18.9 Å². The lowest BCUT2D eigenvalue weighted by Crippen LogP contribution is -2.32. The van der Waals surface area contributed by atoms with E-state index in [0.29, 0.717) is 18.9 Å². The van der Waals surface area contributed by atoms with Crippen molar-refractivity contribution in [2.75, 3.05) is 51.2 Å². The molecule has 1 aromatic heterocycles. The van der Waals surface area contributed by atoms with Crippen LogP contribution in [0.3, 0.4) is 0 Å². The summed E-state index contributed by atoms with van der Waals surface area (Å²) in [6, 6.07) is 3.67. The lowest BCUT2D eigenvalue weighted by Gasteiger charge is -2.24.